The number of nitrogens with one attached hydrogen (secondary N) is 1. The molecule has 0 saturated carbocycles. The number of hydrogen-bond donors (Lipinski definition) is 1. The fourth-order valence-electron chi connectivity index (χ4n) is 1.97. The number of thiophene rings is 1. The van der Waals surface area contributed by atoms with Crippen LogP contribution < -0.4 is 5.32 Å². The monoisotopic (exact) mass is 354 g/mol. The molecule has 0 spiro atoms. The lowest BCUT2D eigenvalue weighted by Crippen LogP contribution is -2.03. The average molecular weight is 355 g/mol. The Balaban J connectivity index is 1.87. The molecule has 0 radical (unpaired) electrons. The number of benzene rings is 1. The molecule has 0 aliphatic heterocycles. The summed E-state index contributed by atoms with van der Waals surface area (Å²) in [6.07, 6.45) is 0. The molecule has 9 heteroatoms. The highest BCUT2D eigenvalue weighted by atomic mass is 35.5. The van der Waals surface area contributed by atoms with Crippen molar-refractivity contribution < 1.29 is 4.92 Å². The van der Waals surface area contributed by atoms with E-state index < -0.39 is 4.92 Å². The molecule has 1 N–H and O–H groups in total. The summed E-state index contributed by atoms with van der Waals surface area (Å²) in [6.45, 7) is 0.373. The van der Waals surface area contributed by atoms with E-state index in [9.17, 15) is 10.1 Å². The van der Waals surface area contributed by atoms with Gasteiger partial charge in [-0.3, -0.25) is 10.1 Å². The van der Waals surface area contributed by atoms with Crippen molar-refractivity contribution in [3.05, 3.63) is 55.6 Å². The number of aromatic nitrogens is 2. The first-order valence-electron chi connectivity index (χ1n) is 6.13. The molecule has 0 unspecified atom stereocenters. The van der Waals surface area contributed by atoms with E-state index >= 15 is 0 Å². The summed E-state index contributed by atoms with van der Waals surface area (Å²) >= 11 is 13.2. The molecule has 22 heavy (non-hydrogen) atoms. The lowest BCUT2D eigenvalue weighted by atomic mass is 10.2. The normalized spacial score (nSPS) is 10.8. The van der Waals surface area contributed by atoms with Gasteiger partial charge in [-0.05, 0) is 23.2 Å². The zero-order chi connectivity index (χ0) is 15.7. The van der Waals surface area contributed by atoms with Crippen molar-refractivity contribution in [3.63, 3.8) is 0 Å². The average Bonchev–Trinajstić information content (AvgIpc) is 2.85. The van der Waals surface area contributed by atoms with E-state index in [1.165, 1.54) is 23.5 Å². The fraction of sp³-hybridized carbons (Fsp3) is 0.0769. The van der Waals surface area contributed by atoms with E-state index in [2.05, 4.69) is 15.3 Å². The standard InChI is InChI=1S/C13H8Cl2N4O2S/c14-10-5-9-11(17-13(15)18-12(9)22-10)16-6-7-2-1-3-8(4-7)19(20)21/h1-5H,6H2,(H,16,17,18). The van der Waals surface area contributed by atoms with Gasteiger partial charge in [-0.2, -0.15) is 0 Å². The van der Waals surface area contributed by atoms with E-state index in [-0.39, 0.29) is 11.0 Å². The molecule has 6 nitrogen and oxygen atoms in total. The molecule has 0 aliphatic rings. The summed E-state index contributed by atoms with van der Waals surface area (Å²) in [6, 6.07) is 8.14. The van der Waals surface area contributed by atoms with Gasteiger partial charge in [0.2, 0.25) is 5.28 Å². The minimum absolute atomic E-state index is 0.0451. The van der Waals surface area contributed by atoms with Gasteiger partial charge in [0.15, 0.2) is 0 Å². The van der Waals surface area contributed by atoms with Gasteiger partial charge in [0.05, 0.1) is 14.6 Å². The maximum Gasteiger partial charge on any atom is 0.269 e. The van der Waals surface area contributed by atoms with Crippen LogP contribution in [0.15, 0.2) is 30.3 Å². The minimum Gasteiger partial charge on any atom is -0.365 e. The first-order valence-corrected chi connectivity index (χ1v) is 7.70. The number of rotatable bonds is 4. The number of anilines is 1. The molecule has 112 valence electrons. The summed E-state index contributed by atoms with van der Waals surface area (Å²) in [4.78, 5) is 19.3. The summed E-state index contributed by atoms with van der Waals surface area (Å²) in [5, 5.41) is 14.8. The molecule has 0 aliphatic carbocycles. The molecule has 0 fully saturated rings. The van der Waals surface area contributed by atoms with Gasteiger partial charge < -0.3 is 5.32 Å². The first-order chi connectivity index (χ1) is 10.5. The van der Waals surface area contributed by atoms with Crippen LogP contribution in [0.2, 0.25) is 9.62 Å². The Labute approximate surface area is 138 Å². The van der Waals surface area contributed by atoms with Gasteiger partial charge in [0.25, 0.3) is 5.69 Å². The van der Waals surface area contributed by atoms with E-state index in [1.54, 1.807) is 18.2 Å². The van der Waals surface area contributed by atoms with Crippen LogP contribution in [0.25, 0.3) is 10.2 Å². The Kier molecular flexibility index (Phi) is 4.10. The van der Waals surface area contributed by atoms with Crippen LogP contribution in [-0.2, 0) is 6.54 Å². The molecule has 0 amide bonds. The summed E-state index contributed by atoms with van der Waals surface area (Å²) in [7, 11) is 0. The summed E-state index contributed by atoms with van der Waals surface area (Å²) in [5.41, 5.74) is 0.808. The maximum absolute atomic E-state index is 10.8. The molecule has 3 rings (SSSR count). The van der Waals surface area contributed by atoms with Crippen molar-refractivity contribution in [1.29, 1.82) is 0 Å². The largest absolute Gasteiger partial charge is 0.365 e. The zero-order valence-electron chi connectivity index (χ0n) is 10.9. The van der Waals surface area contributed by atoms with Crippen LogP contribution in [0, 0.1) is 10.1 Å². The Hall–Kier alpha value is -1.96. The van der Waals surface area contributed by atoms with Crippen LogP contribution in [0.5, 0.6) is 0 Å². The number of non-ortho nitro benzene ring substituents is 1. The molecule has 2 aromatic heterocycles. The van der Waals surface area contributed by atoms with Gasteiger partial charge >= 0.3 is 0 Å². The van der Waals surface area contributed by atoms with E-state index in [1.807, 2.05) is 0 Å². The van der Waals surface area contributed by atoms with Crippen LogP contribution in [-0.4, -0.2) is 14.9 Å². The minimum atomic E-state index is -0.429. The maximum atomic E-state index is 10.8. The quantitative estimate of drug-likeness (QED) is 0.423. The molecule has 1 aromatic carbocycles. The number of fused-ring (bicyclic) bond motifs is 1. The molecule has 0 saturated heterocycles. The smallest absolute Gasteiger partial charge is 0.269 e. The van der Waals surface area contributed by atoms with Crippen molar-refractivity contribution in [2.45, 2.75) is 6.54 Å². The summed E-state index contributed by atoms with van der Waals surface area (Å²) < 4.78 is 0.588. The van der Waals surface area contributed by atoms with Gasteiger partial charge in [-0.1, -0.05) is 23.7 Å². The Morgan fingerprint density at radius 1 is 1.27 bits per heavy atom. The third-order valence-corrected chi connectivity index (χ3v) is 4.24. The molecular formula is C13H8Cl2N4O2S. The van der Waals surface area contributed by atoms with Crippen LogP contribution in [0.1, 0.15) is 5.56 Å². The highest BCUT2D eigenvalue weighted by Gasteiger charge is 2.11. The molecule has 2 heterocycles. The van der Waals surface area contributed by atoms with Gasteiger partial charge in [0, 0.05) is 18.7 Å². The van der Waals surface area contributed by atoms with E-state index in [4.69, 9.17) is 23.2 Å². The van der Waals surface area contributed by atoms with Gasteiger partial charge in [0.1, 0.15) is 10.6 Å². The van der Waals surface area contributed by atoms with Crippen molar-refractivity contribution in [2.75, 3.05) is 5.32 Å². The predicted molar refractivity (Wildman–Crippen MR) is 87.9 cm³/mol. The second-order valence-electron chi connectivity index (χ2n) is 4.39. The number of nitrogens with zero attached hydrogens (tertiary/aromatic N) is 3. The van der Waals surface area contributed by atoms with E-state index in [0.717, 1.165) is 10.9 Å². The third-order valence-electron chi connectivity index (χ3n) is 2.92. The Morgan fingerprint density at radius 2 is 2.09 bits per heavy atom. The van der Waals surface area contributed by atoms with Crippen LogP contribution in [0.4, 0.5) is 11.5 Å². The zero-order valence-corrected chi connectivity index (χ0v) is 13.2. The van der Waals surface area contributed by atoms with Crippen molar-refractivity contribution in [3.8, 4) is 0 Å². The van der Waals surface area contributed by atoms with Crippen molar-refractivity contribution in [1.82, 2.24) is 9.97 Å². The lowest BCUT2D eigenvalue weighted by Gasteiger charge is -2.07. The lowest BCUT2D eigenvalue weighted by molar-refractivity contribution is -0.384. The molecule has 0 atom stereocenters. The highest BCUT2D eigenvalue weighted by molar-refractivity contribution is 7.22. The molecule has 0 bridgehead atoms. The summed E-state index contributed by atoms with van der Waals surface area (Å²) in [5.74, 6) is 0.546. The first kappa shape index (κ1) is 15.0. The number of hydrogen-bond acceptors (Lipinski definition) is 6. The predicted octanol–water partition coefficient (Wildman–Crippen LogP) is 4.52. The molecular weight excluding hydrogens is 347 g/mol. The van der Waals surface area contributed by atoms with Gasteiger partial charge in [-0.25, -0.2) is 9.97 Å². The topological polar surface area (TPSA) is 81.0 Å². The number of halogens is 2. The van der Waals surface area contributed by atoms with Crippen LogP contribution in [0.3, 0.4) is 0 Å². The van der Waals surface area contributed by atoms with Gasteiger partial charge in [-0.15, -0.1) is 11.3 Å². The van der Waals surface area contributed by atoms with E-state index in [0.29, 0.717) is 21.5 Å². The highest BCUT2D eigenvalue weighted by Crippen LogP contribution is 2.33. The van der Waals surface area contributed by atoms with Crippen LogP contribution >= 0.6 is 34.5 Å². The SMILES string of the molecule is O=[N+]([O-])c1cccc(CNc2nc(Cl)nc3sc(Cl)cc23)c1. The van der Waals surface area contributed by atoms with Crippen molar-refractivity contribution >= 4 is 56.3 Å². The Bertz CT molecular complexity index is 868. The number of nitro benzene ring substituents is 1. The molecule has 3 aromatic rings. The number of nitro groups is 1. The fourth-order valence-corrected chi connectivity index (χ4v) is 3.27. The Morgan fingerprint density at radius 3 is 2.86 bits per heavy atom. The van der Waals surface area contributed by atoms with Crippen molar-refractivity contribution in [2.24, 2.45) is 0 Å². The third kappa shape index (κ3) is 3.11. The second kappa shape index (κ2) is 6.04. The second-order valence-corrected chi connectivity index (χ2v) is 6.39.